The Labute approximate surface area is 163 Å². The Morgan fingerprint density at radius 3 is 2.86 bits per heavy atom. The molecule has 1 N–H and O–H groups in total. The van der Waals surface area contributed by atoms with Gasteiger partial charge in [-0.05, 0) is 43.0 Å². The first-order valence-electron chi connectivity index (χ1n) is 9.77. The largest absolute Gasteiger partial charge is 0.337 e. The van der Waals surface area contributed by atoms with Gasteiger partial charge in [0.15, 0.2) is 0 Å². The van der Waals surface area contributed by atoms with Crippen LogP contribution in [0.3, 0.4) is 0 Å². The van der Waals surface area contributed by atoms with Crippen LogP contribution in [0.4, 0.5) is 4.39 Å². The van der Waals surface area contributed by atoms with Gasteiger partial charge in [-0.15, -0.1) is 0 Å². The number of H-pyrrole nitrogens is 1. The van der Waals surface area contributed by atoms with E-state index in [0.29, 0.717) is 18.8 Å². The van der Waals surface area contributed by atoms with Crippen molar-refractivity contribution in [3.05, 3.63) is 59.9 Å². The topological polar surface area (TPSA) is 66.8 Å². The Bertz CT molecular complexity index is 955. The summed E-state index contributed by atoms with van der Waals surface area (Å²) in [6.07, 6.45) is 6.07. The second kappa shape index (κ2) is 7.96. The zero-order valence-corrected chi connectivity index (χ0v) is 15.9. The van der Waals surface area contributed by atoms with Gasteiger partial charge in [0.05, 0.1) is 6.20 Å². The van der Waals surface area contributed by atoms with E-state index in [2.05, 4.69) is 22.2 Å². The Hall–Kier alpha value is -2.96. The van der Waals surface area contributed by atoms with Crippen molar-refractivity contribution in [2.24, 2.45) is 0 Å². The van der Waals surface area contributed by atoms with E-state index in [1.54, 1.807) is 29.2 Å². The van der Waals surface area contributed by atoms with Crippen molar-refractivity contribution in [1.29, 1.82) is 0 Å². The number of benzene rings is 1. The molecule has 0 unspecified atom stereocenters. The fourth-order valence-electron chi connectivity index (χ4n) is 3.93. The summed E-state index contributed by atoms with van der Waals surface area (Å²) in [7, 11) is 0. The van der Waals surface area contributed by atoms with Gasteiger partial charge in [-0.1, -0.05) is 19.1 Å². The summed E-state index contributed by atoms with van der Waals surface area (Å²) >= 11 is 0. The monoisotopic (exact) mass is 381 g/mol. The van der Waals surface area contributed by atoms with E-state index in [1.807, 2.05) is 11.0 Å². The molecule has 7 heteroatoms. The van der Waals surface area contributed by atoms with E-state index < -0.39 is 0 Å². The maximum atomic E-state index is 13.6. The number of nitrogens with one attached hydrogen (secondary N) is 1. The van der Waals surface area contributed by atoms with Crippen LogP contribution < -0.4 is 0 Å². The highest BCUT2D eigenvalue weighted by Crippen LogP contribution is 2.34. The summed E-state index contributed by atoms with van der Waals surface area (Å²) in [5.41, 5.74) is 3.44. The number of piperidine rings is 1. The Kier molecular flexibility index (Phi) is 5.23. The molecule has 0 saturated carbocycles. The number of carbonyl (C=O) groups is 1. The van der Waals surface area contributed by atoms with Gasteiger partial charge in [-0.2, -0.15) is 10.2 Å². The van der Waals surface area contributed by atoms with Gasteiger partial charge < -0.3 is 4.90 Å². The molecule has 1 amide bonds. The summed E-state index contributed by atoms with van der Waals surface area (Å²) in [6.45, 7) is 4.18. The molecule has 0 aliphatic carbocycles. The van der Waals surface area contributed by atoms with Crippen molar-refractivity contribution in [1.82, 2.24) is 24.9 Å². The van der Waals surface area contributed by atoms with Crippen LogP contribution in [0.25, 0.3) is 11.1 Å². The zero-order valence-electron chi connectivity index (χ0n) is 15.9. The average molecular weight is 381 g/mol. The lowest BCUT2D eigenvalue weighted by molar-refractivity contribution is 0.0699. The fourth-order valence-corrected chi connectivity index (χ4v) is 3.93. The molecule has 2 aromatic heterocycles. The fraction of sp³-hybridized carbons (Fsp3) is 0.381. The van der Waals surface area contributed by atoms with Crippen molar-refractivity contribution in [3.63, 3.8) is 0 Å². The minimum Gasteiger partial charge on any atom is -0.337 e. The summed E-state index contributed by atoms with van der Waals surface area (Å²) in [5.74, 6) is 0.0542. The number of likely N-dealkylation sites (tertiary alicyclic amines) is 1. The van der Waals surface area contributed by atoms with Crippen LogP contribution in [0, 0.1) is 5.82 Å². The molecule has 3 heterocycles. The molecular weight excluding hydrogens is 357 g/mol. The number of aromatic amines is 1. The van der Waals surface area contributed by atoms with Gasteiger partial charge in [-0.3, -0.25) is 14.6 Å². The third kappa shape index (κ3) is 3.56. The van der Waals surface area contributed by atoms with Crippen LogP contribution in [-0.2, 0) is 6.54 Å². The first-order chi connectivity index (χ1) is 13.7. The highest BCUT2D eigenvalue weighted by Gasteiger charge is 2.28. The van der Waals surface area contributed by atoms with Crippen LogP contribution in [0.1, 0.15) is 48.3 Å². The number of rotatable bonds is 5. The van der Waals surface area contributed by atoms with Crippen LogP contribution in [0.15, 0.2) is 42.7 Å². The molecule has 0 atom stereocenters. The van der Waals surface area contributed by atoms with Gasteiger partial charge in [-0.25, -0.2) is 4.39 Å². The quantitative estimate of drug-likeness (QED) is 0.730. The predicted octanol–water partition coefficient (Wildman–Crippen LogP) is 3.84. The maximum Gasteiger partial charge on any atom is 0.272 e. The molecule has 1 saturated heterocycles. The number of carbonyl (C=O) groups excluding carboxylic acids is 1. The first-order valence-corrected chi connectivity index (χ1v) is 9.77. The molecule has 146 valence electrons. The van der Waals surface area contributed by atoms with Gasteiger partial charge in [0, 0.05) is 43.0 Å². The van der Waals surface area contributed by atoms with E-state index in [0.717, 1.165) is 42.6 Å². The standard InChI is InChI=1S/C21H24FN5O/c1-2-10-27-19(6-9-24-27)21(28)26-11-7-15(8-12-26)20-18(14-23-25-20)16-4-3-5-17(22)13-16/h3-6,9,13-15H,2,7-8,10-12H2,1H3,(H,23,25). The number of aromatic nitrogens is 4. The van der Waals surface area contributed by atoms with Crippen LogP contribution in [0.2, 0.25) is 0 Å². The van der Waals surface area contributed by atoms with E-state index >= 15 is 0 Å². The summed E-state index contributed by atoms with van der Waals surface area (Å²) < 4.78 is 15.4. The third-order valence-corrected chi connectivity index (χ3v) is 5.37. The van der Waals surface area contributed by atoms with Gasteiger partial charge in [0.25, 0.3) is 5.91 Å². The Morgan fingerprint density at radius 1 is 1.29 bits per heavy atom. The maximum absolute atomic E-state index is 13.6. The number of amides is 1. The zero-order chi connectivity index (χ0) is 19.5. The molecule has 4 rings (SSSR count). The SMILES string of the molecule is CCCn1nccc1C(=O)N1CCC(c2[nH]ncc2-c2cccc(F)c2)CC1. The lowest BCUT2D eigenvalue weighted by atomic mass is 9.89. The van der Waals surface area contributed by atoms with Crippen molar-refractivity contribution in [3.8, 4) is 11.1 Å². The molecular formula is C21H24FN5O. The smallest absolute Gasteiger partial charge is 0.272 e. The van der Waals surface area contributed by atoms with Gasteiger partial charge in [0.1, 0.15) is 11.5 Å². The molecule has 3 aromatic rings. The Morgan fingerprint density at radius 2 is 2.11 bits per heavy atom. The molecule has 0 radical (unpaired) electrons. The lowest BCUT2D eigenvalue weighted by Crippen LogP contribution is -2.39. The van der Waals surface area contributed by atoms with Crippen molar-refractivity contribution in [2.75, 3.05) is 13.1 Å². The summed E-state index contributed by atoms with van der Waals surface area (Å²) in [4.78, 5) is 14.8. The summed E-state index contributed by atoms with van der Waals surface area (Å²) in [6, 6.07) is 8.37. The highest BCUT2D eigenvalue weighted by molar-refractivity contribution is 5.92. The van der Waals surface area contributed by atoms with Crippen molar-refractivity contribution < 1.29 is 9.18 Å². The van der Waals surface area contributed by atoms with Crippen molar-refractivity contribution >= 4 is 5.91 Å². The van der Waals surface area contributed by atoms with Crippen LogP contribution in [0.5, 0.6) is 0 Å². The number of hydrogen-bond donors (Lipinski definition) is 1. The molecule has 0 spiro atoms. The molecule has 1 aliphatic rings. The molecule has 6 nitrogen and oxygen atoms in total. The molecule has 28 heavy (non-hydrogen) atoms. The number of aryl methyl sites for hydroxylation is 1. The van der Waals surface area contributed by atoms with Crippen LogP contribution in [-0.4, -0.2) is 43.9 Å². The second-order valence-corrected chi connectivity index (χ2v) is 7.21. The molecule has 1 fully saturated rings. The Balaban J connectivity index is 1.46. The average Bonchev–Trinajstić information content (AvgIpc) is 3.37. The summed E-state index contributed by atoms with van der Waals surface area (Å²) in [5, 5.41) is 11.5. The van der Waals surface area contributed by atoms with Crippen LogP contribution >= 0.6 is 0 Å². The van der Waals surface area contributed by atoms with E-state index in [4.69, 9.17) is 0 Å². The highest BCUT2D eigenvalue weighted by atomic mass is 19.1. The van der Waals surface area contributed by atoms with Crippen molar-refractivity contribution in [2.45, 2.75) is 38.6 Å². The third-order valence-electron chi connectivity index (χ3n) is 5.37. The van der Waals surface area contributed by atoms with Gasteiger partial charge in [0.2, 0.25) is 0 Å². The lowest BCUT2D eigenvalue weighted by Gasteiger charge is -2.32. The number of halogens is 1. The molecule has 0 bridgehead atoms. The molecule has 1 aliphatic heterocycles. The first kappa shape index (κ1) is 18.4. The van der Waals surface area contributed by atoms with E-state index in [1.165, 1.54) is 12.1 Å². The minimum atomic E-state index is -0.256. The van der Waals surface area contributed by atoms with Gasteiger partial charge >= 0.3 is 0 Å². The molecule has 1 aromatic carbocycles. The number of nitrogens with zero attached hydrogens (tertiary/aromatic N) is 4. The second-order valence-electron chi connectivity index (χ2n) is 7.21. The normalized spacial score (nSPS) is 15.1. The minimum absolute atomic E-state index is 0.0411. The predicted molar refractivity (Wildman–Crippen MR) is 104 cm³/mol. The number of hydrogen-bond acceptors (Lipinski definition) is 3. The van der Waals surface area contributed by atoms with E-state index in [-0.39, 0.29) is 17.6 Å². The van der Waals surface area contributed by atoms with E-state index in [9.17, 15) is 9.18 Å².